The summed E-state index contributed by atoms with van der Waals surface area (Å²) in [7, 11) is 0. The van der Waals surface area contributed by atoms with Gasteiger partial charge < -0.3 is 0 Å². The van der Waals surface area contributed by atoms with Crippen LogP contribution in [0, 0.1) is 52.8 Å². The third-order valence-corrected chi connectivity index (χ3v) is 8.84. The fourth-order valence-corrected chi connectivity index (χ4v) is 6.74. The van der Waals surface area contributed by atoms with E-state index in [-0.39, 0.29) is 0 Å². The van der Waals surface area contributed by atoms with Crippen molar-refractivity contribution in [1.29, 1.82) is 0 Å². The molecule has 0 unspecified atom stereocenters. The van der Waals surface area contributed by atoms with Gasteiger partial charge in [-0.25, -0.2) is 0 Å². The topological polar surface area (TPSA) is 17.1 Å². The molecule has 3 fully saturated rings. The monoisotopic (exact) mass is 344 g/mol. The number of ketones is 1. The lowest BCUT2D eigenvalue weighted by atomic mass is 9.52. The molecule has 0 heterocycles. The fraction of sp³-hybridized carbons (Fsp3) is 0.875. The van der Waals surface area contributed by atoms with Gasteiger partial charge in [0.1, 0.15) is 5.78 Å². The number of rotatable bonds is 4. The highest BCUT2D eigenvalue weighted by atomic mass is 16.1. The van der Waals surface area contributed by atoms with Crippen LogP contribution >= 0.6 is 0 Å². The molecule has 0 bridgehead atoms. The second-order valence-electron chi connectivity index (χ2n) is 10.3. The van der Waals surface area contributed by atoms with E-state index in [4.69, 9.17) is 0 Å². The average Bonchev–Trinajstić information content (AvgIpc) is 2.92. The van der Waals surface area contributed by atoms with Crippen LogP contribution in [0.3, 0.4) is 0 Å². The first-order valence-electron chi connectivity index (χ1n) is 11.0. The molecular formula is C24H40O. The first-order chi connectivity index (χ1) is 11.8. The molecule has 0 N–H and O–H groups in total. The van der Waals surface area contributed by atoms with E-state index in [9.17, 15) is 4.79 Å². The molecule has 0 aromatic heterocycles. The zero-order valence-corrected chi connectivity index (χ0v) is 17.4. The molecule has 3 rings (SSSR count). The predicted molar refractivity (Wildman–Crippen MR) is 106 cm³/mol. The molecule has 0 spiro atoms. The van der Waals surface area contributed by atoms with Gasteiger partial charge in [-0.3, -0.25) is 4.79 Å². The Morgan fingerprint density at radius 3 is 2.40 bits per heavy atom. The SMILES string of the molecule is CC(C)[C@@H](C)/C=C/[C@@H](C)[C@@H]1CC[C@@H]2[C@@H]3CCC(=O)[C@@H](C)[C@H]3CC[C@]21C. The molecule has 3 aliphatic rings. The third-order valence-electron chi connectivity index (χ3n) is 8.84. The Labute approximate surface area is 156 Å². The number of allylic oxidation sites excluding steroid dienone is 2. The molecule has 0 aliphatic heterocycles. The van der Waals surface area contributed by atoms with Gasteiger partial charge in [-0.15, -0.1) is 0 Å². The van der Waals surface area contributed by atoms with Crippen LogP contribution in [0.1, 0.15) is 80.1 Å². The van der Waals surface area contributed by atoms with E-state index in [0.29, 0.717) is 34.9 Å². The van der Waals surface area contributed by atoms with Crippen LogP contribution in [-0.4, -0.2) is 5.78 Å². The maximum Gasteiger partial charge on any atom is 0.135 e. The maximum absolute atomic E-state index is 12.2. The second-order valence-corrected chi connectivity index (χ2v) is 10.3. The zero-order valence-electron chi connectivity index (χ0n) is 17.4. The number of Topliss-reactive ketones (excluding diaryl/α,β-unsaturated/α-hetero) is 1. The Morgan fingerprint density at radius 1 is 1.00 bits per heavy atom. The smallest absolute Gasteiger partial charge is 0.135 e. The zero-order chi connectivity index (χ0) is 18.4. The molecule has 0 saturated heterocycles. The van der Waals surface area contributed by atoms with Gasteiger partial charge in [0, 0.05) is 12.3 Å². The van der Waals surface area contributed by atoms with Crippen molar-refractivity contribution in [2.24, 2.45) is 52.8 Å². The summed E-state index contributed by atoms with van der Waals surface area (Å²) in [6.45, 7) is 14.3. The van der Waals surface area contributed by atoms with E-state index in [2.05, 4.69) is 53.7 Å². The molecule has 1 heteroatoms. The van der Waals surface area contributed by atoms with Crippen molar-refractivity contribution in [2.45, 2.75) is 80.1 Å². The summed E-state index contributed by atoms with van der Waals surface area (Å²) < 4.78 is 0. The molecule has 25 heavy (non-hydrogen) atoms. The van der Waals surface area contributed by atoms with Crippen LogP contribution in [0.2, 0.25) is 0 Å². The van der Waals surface area contributed by atoms with Crippen LogP contribution in [-0.2, 0) is 4.79 Å². The van der Waals surface area contributed by atoms with Crippen molar-refractivity contribution in [3.8, 4) is 0 Å². The van der Waals surface area contributed by atoms with E-state index in [1.807, 2.05) is 0 Å². The molecule has 0 amide bonds. The van der Waals surface area contributed by atoms with Crippen molar-refractivity contribution < 1.29 is 4.79 Å². The average molecular weight is 345 g/mol. The van der Waals surface area contributed by atoms with Crippen molar-refractivity contribution in [2.75, 3.05) is 0 Å². The van der Waals surface area contributed by atoms with Gasteiger partial charge in [0.05, 0.1) is 0 Å². The van der Waals surface area contributed by atoms with Gasteiger partial charge in [0.25, 0.3) is 0 Å². The van der Waals surface area contributed by atoms with Crippen LogP contribution in [0.5, 0.6) is 0 Å². The standard InChI is InChI=1S/C24H40O/c1-15(2)16(3)7-8-17(4)21-10-11-22-20-9-12-23(25)18(5)19(20)13-14-24(21,22)6/h7-8,15-22H,9-14H2,1-6H3/b8-7+/t16-,17+,18-,19+,20+,21-,22+,24-/m0/s1. The Morgan fingerprint density at radius 2 is 1.72 bits per heavy atom. The van der Waals surface area contributed by atoms with Gasteiger partial charge >= 0.3 is 0 Å². The molecule has 142 valence electrons. The highest BCUT2D eigenvalue weighted by Gasteiger charge is 2.56. The minimum absolute atomic E-state index is 0.326. The number of carbonyl (C=O) groups is 1. The van der Waals surface area contributed by atoms with Gasteiger partial charge in [0.2, 0.25) is 0 Å². The molecule has 3 aliphatic carbocycles. The quantitative estimate of drug-likeness (QED) is 0.530. The first kappa shape index (κ1) is 19.2. The first-order valence-corrected chi connectivity index (χ1v) is 11.0. The van der Waals surface area contributed by atoms with Gasteiger partial charge in [-0.05, 0) is 78.9 Å². The largest absolute Gasteiger partial charge is 0.299 e. The molecule has 0 aromatic rings. The van der Waals surface area contributed by atoms with Gasteiger partial charge in [-0.1, -0.05) is 53.7 Å². The fourth-order valence-electron chi connectivity index (χ4n) is 6.74. The van der Waals surface area contributed by atoms with Crippen molar-refractivity contribution in [1.82, 2.24) is 0 Å². The minimum Gasteiger partial charge on any atom is -0.299 e. The summed E-state index contributed by atoms with van der Waals surface area (Å²) in [4.78, 5) is 12.2. The number of hydrogen-bond donors (Lipinski definition) is 0. The van der Waals surface area contributed by atoms with Crippen molar-refractivity contribution in [3.63, 3.8) is 0 Å². The minimum atomic E-state index is 0.326. The van der Waals surface area contributed by atoms with Crippen LogP contribution < -0.4 is 0 Å². The summed E-state index contributed by atoms with van der Waals surface area (Å²) in [5.74, 6) is 6.17. The number of hydrogen-bond acceptors (Lipinski definition) is 1. The highest BCUT2D eigenvalue weighted by Crippen LogP contribution is 2.63. The molecule has 0 radical (unpaired) electrons. The lowest BCUT2D eigenvalue weighted by molar-refractivity contribution is -0.132. The second kappa shape index (κ2) is 7.20. The van der Waals surface area contributed by atoms with E-state index >= 15 is 0 Å². The van der Waals surface area contributed by atoms with E-state index < -0.39 is 0 Å². The van der Waals surface area contributed by atoms with Crippen molar-refractivity contribution >= 4 is 5.78 Å². The van der Waals surface area contributed by atoms with Crippen LogP contribution in [0.15, 0.2) is 12.2 Å². The molecule has 0 aromatic carbocycles. The van der Waals surface area contributed by atoms with Crippen LogP contribution in [0.4, 0.5) is 0 Å². The Kier molecular flexibility index (Phi) is 5.52. The summed E-state index contributed by atoms with van der Waals surface area (Å²) in [6.07, 6.45) is 12.5. The van der Waals surface area contributed by atoms with E-state index in [1.165, 1.54) is 32.1 Å². The summed E-state index contributed by atoms with van der Waals surface area (Å²) >= 11 is 0. The van der Waals surface area contributed by atoms with E-state index in [1.54, 1.807) is 0 Å². The number of carbonyl (C=O) groups excluding carboxylic acids is 1. The summed E-state index contributed by atoms with van der Waals surface area (Å²) in [5.41, 5.74) is 0.506. The van der Waals surface area contributed by atoms with Gasteiger partial charge in [-0.2, -0.15) is 0 Å². The number of fused-ring (bicyclic) bond motifs is 3. The Bertz CT molecular complexity index is 518. The summed E-state index contributed by atoms with van der Waals surface area (Å²) in [5, 5.41) is 0. The Hall–Kier alpha value is -0.590. The molecule has 8 atom stereocenters. The van der Waals surface area contributed by atoms with Crippen molar-refractivity contribution in [3.05, 3.63) is 12.2 Å². The highest BCUT2D eigenvalue weighted by molar-refractivity contribution is 5.81. The molecule has 1 nitrogen and oxygen atoms in total. The summed E-state index contributed by atoms with van der Waals surface area (Å²) in [6, 6.07) is 0. The third kappa shape index (κ3) is 3.37. The normalized spacial score (nSPS) is 44.0. The molecule has 3 saturated carbocycles. The van der Waals surface area contributed by atoms with E-state index in [0.717, 1.165) is 30.1 Å². The predicted octanol–water partition coefficient (Wildman–Crippen LogP) is 6.53. The van der Waals surface area contributed by atoms with Crippen LogP contribution in [0.25, 0.3) is 0 Å². The lowest BCUT2D eigenvalue weighted by Crippen LogP contribution is -2.47. The Balaban J connectivity index is 1.73. The maximum atomic E-state index is 12.2. The lowest BCUT2D eigenvalue weighted by Gasteiger charge is -2.52. The molecular weight excluding hydrogens is 304 g/mol. The van der Waals surface area contributed by atoms with Gasteiger partial charge in [0.15, 0.2) is 0 Å².